The van der Waals surface area contributed by atoms with Gasteiger partial charge in [-0.2, -0.15) is 9.57 Å². The lowest BCUT2D eigenvalue weighted by Crippen LogP contribution is -2.40. The molecular formula is C20H18ClN5O3S2. The fourth-order valence-electron chi connectivity index (χ4n) is 3.23. The molecule has 2 aromatic carbocycles. The second-order valence-corrected chi connectivity index (χ2v) is 9.87. The third-order valence-corrected chi connectivity index (χ3v) is 7.70. The second kappa shape index (κ2) is 9.38. The molecule has 4 rings (SSSR count). The number of nitrogens with zero attached hydrogens (tertiary/aromatic N) is 5. The summed E-state index contributed by atoms with van der Waals surface area (Å²) in [6.07, 6.45) is 0. The van der Waals surface area contributed by atoms with Gasteiger partial charge in [-0.1, -0.05) is 47.6 Å². The SMILES string of the molecule is N#CCSc1nnc(-c2cccc(S(=O)(=O)N3CCOCC3)c2)n1-c1ccccc1Cl. The summed E-state index contributed by atoms with van der Waals surface area (Å²) in [7, 11) is -3.66. The van der Waals surface area contributed by atoms with Crippen molar-refractivity contribution in [1.29, 1.82) is 5.26 Å². The van der Waals surface area contributed by atoms with Crippen molar-refractivity contribution in [3.05, 3.63) is 53.6 Å². The van der Waals surface area contributed by atoms with Crippen LogP contribution in [0.5, 0.6) is 0 Å². The van der Waals surface area contributed by atoms with Gasteiger partial charge < -0.3 is 4.74 Å². The molecule has 160 valence electrons. The molecule has 0 unspecified atom stereocenters. The molecule has 1 aromatic heterocycles. The number of morpholine rings is 1. The summed E-state index contributed by atoms with van der Waals surface area (Å²) in [6, 6.07) is 15.9. The van der Waals surface area contributed by atoms with Gasteiger partial charge in [-0.25, -0.2) is 8.42 Å². The summed E-state index contributed by atoms with van der Waals surface area (Å²) in [5.41, 5.74) is 1.22. The molecule has 1 aliphatic rings. The Bertz CT molecular complexity index is 1230. The summed E-state index contributed by atoms with van der Waals surface area (Å²) < 4.78 is 34.6. The summed E-state index contributed by atoms with van der Waals surface area (Å²) in [4.78, 5) is 0.173. The van der Waals surface area contributed by atoms with Gasteiger partial charge in [0.2, 0.25) is 10.0 Å². The Morgan fingerprint density at radius 3 is 2.65 bits per heavy atom. The van der Waals surface area contributed by atoms with Crippen LogP contribution in [0.2, 0.25) is 5.02 Å². The normalized spacial score (nSPS) is 15.0. The summed E-state index contributed by atoms with van der Waals surface area (Å²) in [5.74, 6) is 0.626. The van der Waals surface area contributed by atoms with E-state index in [1.165, 1.54) is 16.1 Å². The van der Waals surface area contributed by atoms with Crippen LogP contribution in [0.3, 0.4) is 0 Å². The van der Waals surface area contributed by atoms with Gasteiger partial charge in [0.05, 0.1) is 40.6 Å². The topological polar surface area (TPSA) is 101 Å². The van der Waals surface area contributed by atoms with E-state index in [1.54, 1.807) is 34.9 Å². The Morgan fingerprint density at radius 2 is 1.90 bits per heavy atom. The Hall–Kier alpha value is -2.42. The average Bonchev–Trinajstić information content (AvgIpc) is 3.22. The molecule has 0 atom stereocenters. The van der Waals surface area contributed by atoms with Crippen LogP contribution in [0.15, 0.2) is 58.6 Å². The Kier molecular flexibility index (Phi) is 6.60. The highest BCUT2D eigenvalue weighted by Crippen LogP contribution is 2.32. The van der Waals surface area contributed by atoms with E-state index in [1.807, 2.05) is 18.2 Å². The maximum absolute atomic E-state index is 13.1. The number of aromatic nitrogens is 3. The third kappa shape index (κ3) is 4.46. The van der Waals surface area contributed by atoms with Crippen LogP contribution in [0.25, 0.3) is 17.1 Å². The summed E-state index contributed by atoms with van der Waals surface area (Å²) in [5, 5.41) is 18.5. The Labute approximate surface area is 189 Å². The van der Waals surface area contributed by atoms with E-state index in [4.69, 9.17) is 21.6 Å². The first-order valence-corrected chi connectivity index (χ1v) is 12.2. The first kappa shape index (κ1) is 21.8. The lowest BCUT2D eigenvalue weighted by molar-refractivity contribution is 0.0730. The van der Waals surface area contributed by atoms with Gasteiger partial charge in [0, 0.05) is 18.7 Å². The van der Waals surface area contributed by atoms with Crippen molar-refractivity contribution in [3.63, 3.8) is 0 Å². The van der Waals surface area contributed by atoms with Gasteiger partial charge in [-0.3, -0.25) is 4.57 Å². The van der Waals surface area contributed by atoms with Crippen molar-refractivity contribution >= 4 is 33.4 Å². The van der Waals surface area contributed by atoms with Gasteiger partial charge >= 0.3 is 0 Å². The van der Waals surface area contributed by atoms with Gasteiger partial charge in [0.15, 0.2) is 11.0 Å². The number of thioether (sulfide) groups is 1. The standard InChI is InChI=1S/C20H18ClN5O3S2/c21-17-6-1-2-7-18(17)26-19(23-24-20(26)30-13-8-22)15-4-3-5-16(14-15)31(27,28)25-9-11-29-12-10-25/h1-7,14H,9-13H2. The highest BCUT2D eigenvalue weighted by Gasteiger charge is 2.27. The number of para-hydroxylation sites is 1. The van der Waals surface area contributed by atoms with Crippen molar-refractivity contribution in [3.8, 4) is 23.1 Å². The zero-order chi connectivity index (χ0) is 21.8. The number of benzene rings is 2. The molecule has 1 aliphatic heterocycles. The highest BCUT2D eigenvalue weighted by atomic mass is 35.5. The van der Waals surface area contributed by atoms with E-state index in [2.05, 4.69) is 16.3 Å². The average molecular weight is 476 g/mol. The first-order valence-electron chi connectivity index (χ1n) is 9.41. The minimum atomic E-state index is -3.66. The van der Waals surface area contributed by atoms with E-state index < -0.39 is 10.0 Å². The van der Waals surface area contributed by atoms with Crippen molar-refractivity contribution in [1.82, 2.24) is 19.1 Å². The molecule has 0 saturated carbocycles. The van der Waals surface area contributed by atoms with E-state index in [-0.39, 0.29) is 10.6 Å². The quantitative estimate of drug-likeness (QED) is 0.504. The van der Waals surface area contributed by atoms with Crippen molar-refractivity contribution in [2.75, 3.05) is 32.1 Å². The molecule has 0 radical (unpaired) electrons. The second-order valence-electron chi connectivity index (χ2n) is 6.58. The number of hydrogen-bond acceptors (Lipinski definition) is 7. The first-order chi connectivity index (χ1) is 15.0. The van der Waals surface area contributed by atoms with E-state index in [9.17, 15) is 8.42 Å². The van der Waals surface area contributed by atoms with Crippen LogP contribution in [0.4, 0.5) is 0 Å². The fourth-order valence-corrected chi connectivity index (χ4v) is 5.51. The van der Waals surface area contributed by atoms with Crippen LogP contribution in [0, 0.1) is 11.3 Å². The van der Waals surface area contributed by atoms with Crippen LogP contribution in [0.1, 0.15) is 0 Å². The lowest BCUT2D eigenvalue weighted by atomic mass is 10.2. The van der Waals surface area contributed by atoms with Crippen molar-refractivity contribution in [2.45, 2.75) is 10.1 Å². The van der Waals surface area contributed by atoms with Crippen LogP contribution < -0.4 is 0 Å². The lowest BCUT2D eigenvalue weighted by Gasteiger charge is -2.26. The predicted octanol–water partition coefficient (Wildman–Crippen LogP) is 3.22. The molecule has 0 amide bonds. The monoisotopic (exact) mass is 475 g/mol. The van der Waals surface area contributed by atoms with Crippen molar-refractivity contribution in [2.24, 2.45) is 0 Å². The zero-order valence-electron chi connectivity index (χ0n) is 16.3. The number of hydrogen-bond donors (Lipinski definition) is 0. The van der Waals surface area contributed by atoms with Gasteiger partial charge in [0.1, 0.15) is 0 Å². The number of ether oxygens (including phenoxy) is 1. The molecule has 0 aliphatic carbocycles. The van der Waals surface area contributed by atoms with E-state index in [0.717, 1.165) is 0 Å². The summed E-state index contributed by atoms with van der Waals surface area (Å²) >= 11 is 7.65. The fraction of sp³-hybridized carbons (Fsp3) is 0.250. The number of rotatable bonds is 6. The largest absolute Gasteiger partial charge is 0.379 e. The van der Waals surface area contributed by atoms with Crippen molar-refractivity contribution < 1.29 is 13.2 Å². The summed E-state index contributed by atoms with van der Waals surface area (Å²) in [6.45, 7) is 1.38. The maximum Gasteiger partial charge on any atom is 0.243 e. The molecule has 0 N–H and O–H groups in total. The van der Waals surface area contributed by atoms with Gasteiger partial charge in [-0.05, 0) is 24.3 Å². The molecule has 8 nitrogen and oxygen atoms in total. The Balaban J connectivity index is 1.80. The van der Waals surface area contributed by atoms with E-state index >= 15 is 0 Å². The predicted molar refractivity (Wildman–Crippen MR) is 118 cm³/mol. The van der Waals surface area contributed by atoms with Gasteiger partial charge in [-0.15, -0.1) is 10.2 Å². The number of halogens is 1. The molecule has 1 saturated heterocycles. The number of nitriles is 1. The molecule has 0 spiro atoms. The molecule has 1 fully saturated rings. The molecule has 31 heavy (non-hydrogen) atoms. The third-order valence-electron chi connectivity index (χ3n) is 4.69. The molecule has 2 heterocycles. The van der Waals surface area contributed by atoms with Crippen LogP contribution in [-0.4, -0.2) is 59.5 Å². The smallest absolute Gasteiger partial charge is 0.243 e. The Morgan fingerprint density at radius 1 is 1.13 bits per heavy atom. The molecular weight excluding hydrogens is 458 g/mol. The van der Waals surface area contributed by atoms with Crippen LogP contribution in [-0.2, 0) is 14.8 Å². The minimum Gasteiger partial charge on any atom is -0.379 e. The van der Waals surface area contributed by atoms with Crippen LogP contribution >= 0.6 is 23.4 Å². The van der Waals surface area contributed by atoms with E-state index in [0.29, 0.717) is 53.6 Å². The number of sulfonamides is 1. The molecule has 3 aromatic rings. The highest BCUT2D eigenvalue weighted by molar-refractivity contribution is 7.99. The minimum absolute atomic E-state index is 0.173. The molecule has 11 heteroatoms. The maximum atomic E-state index is 13.1. The molecule has 0 bridgehead atoms. The zero-order valence-corrected chi connectivity index (χ0v) is 18.7. The van der Waals surface area contributed by atoms with Gasteiger partial charge in [0.25, 0.3) is 0 Å².